The maximum Gasteiger partial charge on any atom is 0.0726 e. The summed E-state index contributed by atoms with van der Waals surface area (Å²) in [6.45, 7) is 2.21. The molecule has 1 atom stereocenters. The molecule has 0 aromatic heterocycles. The molecule has 1 unspecified atom stereocenters. The highest BCUT2D eigenvalue weighted by atomic mass is 15.1. The molecule has 1 spiro atoms. The van der Waals surface area contributed by atoms with Crippen molar-refractivity contribution in [3.63, 3.8) is 0 Å². The molecule has 2 aliphatic carbocycles. The fourth-order valence-electron chi connectivity index (χ4n) is 11.4. The monoisotopic (exact) mass is 851 g/mol. The van der Waals surface area contributed by atoms with Crippen LogP contribution >= 0.6 is 0 Å². The van der Waals surface area contributed by atoms with Crippen molar-refractivity contribution >= 4 is 27.8 Å². The van der Waals surface area contributed by atoms with E-state index in [1.807, 2.05) is 0 Å². The molecule has 0 saturated carbocycles. The third kappa shape index (κ3) is 6.16. The first kappa shape index (κ1) is 38.9. The smallest absolute Gasteiger partial charge is 0.0726 e. The minimum Gasteiger partial charge on any atom is -0.310 e. The lowest BCUT2D eigenvalue weighted by Crippen LogP contribution is -2.26. The SMILES string of the molecule is Cc1ccc2c(c1)-c1ccccc1C21c2ccccc2-c2ccc(N(c3ccc(-c4cccc5ccccc45)cc3)c3ccc(-c4cccc(-c5ccccc5)c4)c(-c4ccccc4)c3)cc21. The number of rotatable bonds is 7. The van der Waals surface area contributed by atoms with E-state index in [1.165, 1.54) is 105 Å². The highest BCUT2D eigenvalue weighted by Crippen LogP contribution is 2.63. The quantitative estimate of drug-likeness (QED) is 0.154. The van der Waals surface area contributed by atoms with Crippen LogP contribution in [0.15, 0.2) is 255 Å². The van der Waals surface area contributed by atoms with Crippen LogP contribution in [-0.4, -0.2) is 0 Å². The Balaban J connectivity index is 1.04. The molecule has 0 aliphatic heterocycles. The largest absolute Gasteiger partial charge is 0.310 e. The Bertz CT molecular complexity index is 3690. The lowest BCUT2D eigenvalue weighted by molar-refractivity contribution is 0.793. The number of fused-ring (bicyclic) bond motifs is 11. The summed E-state index contributed by atoms with van der Waals surface area (Å²) >= 11 is 0. The van der Waals surface area contributed by atoms with Crippen molar-refractivity contribution in [1.29, 1.82) is 0 Å². The van der Waals surface area contributed by atoms with Crippen molar-refractivity contribution in [3.8, 4) is 66.8 Å². The van der Waals surface area contributed by atoms with Gasteiger partial charge in [-0.25, -0.2) is 0 Å². The van der Waals surface area contributed by atoms with Crippen LogP contribution in [0.2, 0.25) is 0 Å². The average molecular weight is 852 g/mol. The molecule has 13 rings (SSSR count). The Morgan fingerprint density at radius 1 is 0.269 bits per heavy atom. The van der Waals surface area contributed by atoms with Gasteiger partial charge in [-0.15, -0.1) is 0 Å². The van der Waals surface area contributed by atoms with Crippen molar-refractivity contribution in [2.45, 2.75) is 12.3 Å². The first-order valence-corrected chi connectivity index (χ1v) is 23.3. The topological polar surface area (TPSA) is 3.24 Å². The summed E-state index contributed by atoms with van der Waals surface area (Å²) < 4.78 is 0. The molecule has 0 amide bonds. The molecule has 0 radical (unpaired) electrons. The fourth-order valence-corrected chi connectivity index (χ4v) is 11.4. The Morgan fingerprint density at radius 2 is 0.791 bits per heavy atom. The van der Waals surface area contributed by atoms with Gasteiger partial charge in [-0.05, 0) is 149 Å². The van der Waals surface area contributed by atoms with Gasteiger partial charge in [0.25, 0.3) is 0 Å². The predicted molar refractivity (Wildman–Crippen MR) is 281 cm³/mol. The van der Waals surface area contributed by atoms with E-state index in [1.54, 1.807) is 0 Å². The van der Waals surface area contributed by atoms with Crippen molar-refractivity contribution in [2.75, 3.05) is 4.90 Å². The van der Waals surface area contributed by atoms with Gasteiger partial charge in [-0.2, -0.15) is 0 Å². The molecule has 0 heterocycles. The number of anilines is 3. The summed E-state index contributed by atoms with van der Waals surface area (Å²) in [5, 5.41) is 2.50. The van der Waals surface area contributed by atoms with Gasteiger partial charge in [0.05, 0.1) is 5.41 Å². The van der Waals surface area contributed by atoms with Gasteiger partial charge in [-0.1, -0.05) is 218 Å². The minimum absolute atomic E-state index is 0.464. The Kier molecular flexibility index (Phi) is 9.05. The number of nitrogens with zero attached hydrogens (tertiary/aromatic N) is 1. The van der Waals surface area contributed by atoms with E-state index < -0.39 is 5.41 Å². The van der Waals surface area contributed by atoms with Crippen LogP contribution in [-0.2, 0) is 5.41 Å². The van der Waals surface area contributed by atoms with E-state index in [-0.39, 0.29) is 0 Å². The van der Waals surface area contributed by atoms with E-state index in [0.29, 0.717) is 0 Å². The van der Waals surface area contributed by atoms with Crippen LogP contribution in [0.4, 0.5) is 17.1 Å². The number of hydrogen-bond donors (Lipinski definition) is 0. The first-order valence-electron chi connectivity index (χ1n) is 23.3. The molecule has 11 aromatic rings. The second-order valence-electron chi connectivity index (χ2n) is 18.1. The van der Waals surface area contributed by atoms with E-state index in [0.717, 1.165) is 17.1 Å². The molecule has 2 aliphatic rings. The highest BCUT2D eigenvalue weighted by molar-refractivity contribution is 5.99. The summed E-state index contributed by atoms with van der Waals surface area (Å²) in [6, 6.07) is 94.5. The second kappa shape index (κ2) is 15.6. The molecule has 11 aromatic carbocycles. The molecule has 1 heteroatoms. The van der Waals surface area contributed by atoms with Crippen molar-refractivity contribution < 1.29 is 0 Å². The van der Waals surface area contributed by atoms with Crippen LogP contribution in [0, 0.1) is 6.92 Å². The lowest BCUT2D eigenvalue weighted by atomic mass is 9.70. The zero-order valence-corrected chi connectivity index (χ0v) is 37.2. The molecule has 0 N–H and O–H groups in total. The summed E-state index contributed by atoms with van der Waals surface area (Å²) in [4.78, 5) is 2.47. The van der Waals surface area contributed by atoms with E-state index in [9.17, 15) is 0 Å². The van der Waals surface area contributed by atoms with Gasteiger partial charge < -0.3 is 4.90 Å². The molecular weight excluding hydrogens is 807 g/mol. The molecular formula is C66H45N. The normalized spacial score (nSPS) is 14.1. The number of aryl methyl sites for hydroxylation is 1. The van der Waals surface area contributed by atoms with Gasteiger partial charge in [-0.3, -0.25) is 0 Å². The highest BCUT2D eigenvalue weighted by Gasteiger charge is 2.51. The van der Waals surface area contributed by atoms with Crippen LogP contribution in [0.5, 0.6) is 0 Å². The second-order valence-corrected chi connectivity index (χ2v) is 18.1. The maximum atomic E-state index is 2.50. The average Bonchev–Trinajstić information content (AvgIpc) is 3.86. The number of hydrogen-bond acceptors (Lipinski definition) is 1. The Hall–Kier alpha value is -8.52. The summed E-state index contributed by atoms with van der Waals surface area (Å²) in [5.74, 6) is 0. The standard InChI is InChI=1S/C66H45N/c1-44-30-39-64-61(40-44)58-26-11-13-29-63(58)66(64)62-28-12-10-25-57(62)59-38-36-53(43-65(59)66)67(51-33-31-48(32-34-51)55-27-15-21-46-20-8-9-24-54(46)55)52-35-37-56(60(42-52)47-18-6-3-7-19-47)50-23-14-22-49(41-50)45-16-4-2-5-17-45/h2-43H,1H3. The van der Waals surface area contributed by atoms with Crippen molar-refractivity contribution in [1.82, 2.24) is 0 Å². The third-order valence-corrected chi connectivity index (χ3v) is 14.3. The summed E-state index contributed by atoms with van der Waals surface area (Å²) in [5.41, 5.74) is 24.2. The van der Waals surface area contributed by atoms with Crippen LogP contribution in [0.25, 0.3) is 77.5 Å². The molecule has 0 saturated heterocycles. The van der Waals surface area contributed by atoms with E-state index >= 15 is 0 Å². The van der Waals surface area contributed by atoms with Crippen LogP contribution < -0.4 is 4.90 Å². The van der Waals surface area contributed by atoms with E-state index in [2.05, 4.69) is 267 Å². The molecule has 0 fully saturated rings. The van der Waals surface area contributed by atoms with E-state index in [4.69, 9.17) is 0 Å². The van der Waals surface area contributed by atoms with Gasteiger partial charge in [0.1, 0.15) is 0 Å². The van der Waals surface area contributed by atoms with Gasteiger partial charge in [0.2, 0.25) is 0 Å². The van der Waals surface area contributed by atoms with Crippen molar-refractivity contribution in [3.05, 3.63) is 283 Å². The fraction of sp³-hybridized carbons (Fsp3) is 0.0303. The van der Waals surface area contributed by atoms with Gasteiger partial charge >= 0.3 is 0 Å². The zero-order chi connectivity index (χ0) is 44.5. The Labute approximate surface area is 392 Å². The first-order chi connectivity index (χ1) is 33.1. The van der Waals surface area contributed by atoms with Crippen LogP contribution in [0.1, 0.15) is 27.8 Å². The molecule has 314 valence electrons. The third-order valence-electron chi connectivity index (χ3n) is 14.3. The maximum absolute atomic E-state index is 2.50. The Morgan fingerprint density at radius 3 is 1.57 bits per heavy atom. The molecule has 0 bridgehead atoms. The number of benzene rings is 11. The molecule has 1 nitrogen and oxygen atoms in total. The van der Waals surface area contributed by atoms with Gasteiger partial charge in [0.15, 0.2) is 0 Å². The minimum atomic E-state index is -0.464. The molecule has 67 heavy (non-hydrogen) atoms. The van der Waals surface area contributed by atoms with Crippen molar-refractivity contribution in [2.24, 2.45) is 0 Å². The summed E-state index contributed by atoms with van der Waals surface area (Å²) in [6.07, 6.45) is 0. The zero-order valence-electron chi connectivity index (χ0n) is 37.2. The summed E-state index contributed by atoms with van der Waals surface area (Å²) in [7, 11) is 0. The predicted octanol–water partition coefficient (Wildman–Crippen LogP) is 17.6. The van der Waals surface area contributed by atoms with Gasteiger partial charge in [0, 0.05) is 17.1 Å². The lowest BCUT2D eigenvalue weighted by Gasteiger charge is -2.32. The van der Waals surface area contributed by atoms with Crippen LogP contribution in [0.3, 0.4) is 0 Å².